The number of hydrogen-bond donors (Lipinski definition) is 1. The van der Waals surface area contributed by atoms with Crippen LogP contribution in [0, 0.1) is 0 Å². The quantitative estimate of drug-likeness (QED) is 0.770. The molecule has 20 heavy (non-hydrogen) atoms. The molecule has 0 amide bonds. The normalized spacial score (nSPS) is 12.7. The zero-order valence-corrected chi connectivity index (χ0v) is 12.7. The van der Waals surface area contributed by atoms with E-state index in [2.05, 4.69) is 34.6 Å². The van der Waals surface area contributed by atoms with Crippen LogP contribution in [0.4, 0.5) is 0 Å². The highest BCUT2D eigenvalue weighted by molar-refractivity contribution is 7.16. The molecule has 3 rings (SSSR count). The van der Waals surface area contributed by atoms with Gasteiger partial charge in [-0.1, -0.05) is 29.8 Å². The van der Waals surface area contributed by atoms with Gasteiger partial charge in [-0.2, -0.15) is 0 Å². The molecule has 2 aromatic heterocycles. The van der Waals surface area contributed by atoms with Crippen molar-refractivity contribution in [1.29, 1.82) is 0 Å². The third-order valence-electron chi connectivity index (χ3n) is 3.44. The molecule has 3 aromatic rings. The number of likely N-dealkylation sites (N-methyl/N-ethyl adjacent to an activating group) is 1. The second kappa shape index (κ2) is 5.92. The molecule has 1 N–H and O–H groups in total. The Bertz CT molecular complexity index is 718. The van der Waals surface area contributed by atoms with E-state index >= 15 is 0 Å². The van der Waals surface area contributed by atoms with Crippen LogP contribution in [-0.4, -0.2) is 12.0 Å². The van der Waals surface area contributed by atoms with Gasteiger partial charge in [0.2, 0.25) is 0 Å². The fourth-order valence-electron chi connectivity index (χ4n) is 2.45. The largest absolute Gasteiger partial charge is 0.313 e. The van der Waals surface area contributed by atoms with Gasteiger partial charge in [0.25, 0.3) is 0 Å². The minimum absolute atomic E-state index is 0.262. The summed E-state index contributed by atoms with van der Waals surface area (Å²) in [6.07, 6.45) is 2.81. The lowest BCUT2D eigenvalue weighted by Crippen LogP contribution is -2.18. The van der Waals surface area contributed by atoms with Gasteiger partial charge >= 0.3 is 0 Å². The first-order valence-electron chi connectivity index (χ1n) is 6.53. The Morgan fingerprint density at radius 2 is 2.05 bits per heavy atom. The summed E-state index contributed by atoms with van der Waals surface area (Å²) in [6.45, 7) is 0. The molecule has 0 radical (unpaired) electrons. The number of para-hydroxylation sites is 1. The summed E-state index contributed by atoms with van der Waals surface area (Å²) in [5.41, 5.74) is 2.32. The summed E-state index contributed by atoms with van der Waals surface area (Å²) < 4.78 is 0.842. The zero-order chi connectivity index (χ0) is 13.9. The van der Waals surface area contributed by atoms with Gasteiger partial charge in [0.15, 0.2) is 0 Å². The number of fused-ring (bicyclic) bond motifs is 1. The zero-order valence-electron chi connectivity index (χ0n) is 11.1. The first kappa shape index (κ1) is 13.6. The number of halogens is 1. The van der Waals surface area contributed by atoms with Crippen molar-refractivity contribution in [1.82, 2.24) is 10.3 Å². The van der Waals surface area contributed by atoms with E-state index in [1.807, 2.05) is 31.4 Å². The third-order valence-corrected chi connectivity index (χ3v) is 4.69. The van der Waals surface area contributed by atoms with Gasteiger partial charge in [0.05, 0.1) is 9.85 Å². The molecule has 0 saturated carbocycles. The van der Waals surface area contributed by atoms with Crippen molar-refractivity contribution in [3.8, 4) is 0 Å². The molecule has 1 atom stereocenters. The second-order valence-corrected chi connectivity index (χ2v) is 6.47. The monoisotopic (exact) mass is 302 g/mol. The highest BCUT2D eigenvalue weighted by atomic mass is 35.5. The molecule has 0 spiro atoms. The molecule has 0 saturated heterocycles. The SMILES string of the molecule is CNC(Cc1ccc(Cl)s1)c1ccnc2ccccc12. The van der Waals surface area contributed by atoms with Gasteiger partial charge in [-0.05, 0) is 36.9 Å². The van der Waals surface area contributed by atoms with Crippen molar-refractivity contribution in [2.45, 2.75) is 12.5 Å². The van der Waals surface area contributed by atoms with E-state index in [4.69, 9.17) is 11.6 Å². The summed E-state index contributed by atoms with van der Waals surface area (Å²) in [5, 5.41) is 4.61. The third kappa shape index (κ3) is 2.70. The van der Waals surface area contributed by atoms with E-state index in [0.717, 1.165) is 16.3 Å². The predicted molar refractivity (Wildman–Crippen MR) is 86.6 cm³/mol. The standard InChI is InChI=1S/C16H15ClN2S/c1-18-15(10-11-6-7-16(17)20-11)13-8-9-19-14-5-3-2-4-12(13)14/h2-9,15,18H,10H2,1H3. The molecular formula is C16H15ClN2S. The molecule has 2 heterocycles. The van der Waals surface area contributed by atoms with Crippen molar-refractivity contribution >= 4 is 33.8 Å². The number of thiophene rings is 1. The van der Waals surface area contributed by atoms with Crippen LogP contribution >= 0.6 is 22.9 Å². The van der Waals surface area contributed by atoms with E-state index in [9.17, 15) is 0 Å². The van der Waals surface area contributed by atoms with Crippen molar-refractivity contribution < 1.29 is 0 Å². The molecule has 0 bridgehead atoms. The molecule has 0 aliphatic heterocycles. The van der Waals surface area contributed by atoms with Gasteiger partial charge in [0.1, 0.15) is 0 Å². The van der Waals surface area contributed by atoms with Gasteiger partial charge in [-0.15, -0.1) is 11.3 Å². The van der Waals surface area contributed by atoms with Crippen LogP contribution in [0.15, 0.2) is 48.7 Å². The fourth-order valence-corrected chi connectivity index (χ4v) is 3.58. The molecule has 0 aliphatic carbocycles. The molecule has 1 aromatic carbocycles. The van der Waals surface area contributed by atoms with Crippen LogP contribution in [0.25, 0.3) is 10.9 Å². The summed E-state index contributed by atoms with van der Waals surface area (Å²) in [5.74, 6) is 0. The van der Waals surface area contributed by atoms with Crippen LogP contribution in [0.5, 0.6) is 0 Å². The molecule has 4 heteroatoms. The summed E-state index contributed by atoms with van der Waals surface area (Å²) in [4.78, 5) is 5.71. The van der Waals surface area contributed by atoms with E-state index in [0.29, 0.717) is 0 Å². The van der Waals surface area contributed by atoms with E-state index in [-0.39, 0.29) is 6.04 Å². The number of nitrogens with zero attached hydrogens (tertiary/aromatic N) is 1. The smallest absolute Gasteiger partial charge is 0.0931 e. The second-order valence-electron chi connectivity index (χ2n) is 4.67. The van der Waals surface area contributed by atoms with Gasteiger partial charge in [-0.3, -0.25) is 4.98 Å². The van der Waals surface area contributed by atoms with Crippen molar-refractivity contribution in [2.75, 3.05) is 7.05 Å². The lowest BCUT2D eigenvalue weighted by atomic mass is 9.99. The minimum Gasteiger partial charge on any atom is -0.313 e. The van der Waals surface area contributed by atoms with Crippen LogP contribution < -0.4 is 5.32 Å². The Morgan fingerprint density at radius 3 is 2.80 bits per heavy atom. The van der Waals surface area contributed by atoms with E-state index in [1.165, 1.54) is 15.8 Å². The number of rotatable bonds is 4. The number of aromatic nitrogens is 1. The Kier molecular flexibility index (Phi) is 4.01. The molecule has 2 nitrogen and oxygen atoms in total. The summed E-state index contributed by atoms with van der Waals surface area (Å²) in [6, 6.07) is 14.7. The Labute approximate surface area is 127 Å². The maximum atomic E-state index is 6.02. The average molecular weight is 303 g/mol. The molecule has 0 fully saturated rings. The van der Waals surface area contributed by atoms with Gasteiger partial charge in [-0.25, -0.2) is 0 Å². The van der Waals surface area contributed by atoms with Gasteiger partial charge in [0, 0.05) is 28.9 Å². The Balaban J connectivity index is 1.98. The molecular weight excluding hydrogens is 288 g/mol. The molecule has 0 aliphatic rings. The topological polar surface area (TPSA) is 24.9 Å². The number of hydrogen-bond acceptors (Lipinski definition) is 3. The lowest BCUT2D eigenvalue weighted by molar-refractivity contribution is 0.600. The fraction of sp³-hybridized carbons (Fsp3) is 0.188. The van der Waals surface area contributed by atoms with E-state index in [1.54, 1.807) is 11.3 Å². The van der Waals surface area contributed by atoms with Gasteiger partial charge < -0.3 is 5.32 Å². The van der Waals surface area contributed by atoms with Crippen LogP contribution in [-0.2, 0) is 6.42 Å². The summed E-state index contributed by atoms with van der Waals surface area (Å²) >= 11 is 7.66. The Morgan fingerprint density at radius 1 is 1.20 bits per heavy atom. The highest BCUT2D eigenvalue weighted by Crippen LogP contribution is 2.29. The Hall–Kier alpha value is -1.42. The maximum absolute atomic E-state index is 6.02. The van der Waals surface area contributed by atoms with Crippen molar-refractivity contribution in [3.63, 3.8) is 0 Å². The first-order chi connectivity index (χ1) is 9.78. The lowest BCUT2D eigenvalue weighted by Gasteiger charge is -2.17. The average Bonchev–Trinajstić information content (AvgIpc) is 2.89. The molecule has 1 unspecified atom stereocenters. The number of nitrogens with one attached hydrogen (secondary N) is 1. The van der Waals surface area contributed by atoms with Crippen molar-refractivity contribution in [3.05, 3.63) is 63.4 Å². The maximum Gasteiger partial charge on any atom is 0.0931 e. The summed E-state index contributed by atoms with van der Waals surface area (Å²) in [7, 11) is 2.00. The van der Waals surface area contributed by atoms with E-state index < -0.39 is 0 Å². The number of benzene rings is 1. The van der Waals surface area contributed by atoms with Crippen LogP contribution in [0.2, 0.25) is 4.34 Å². The highest BCUT2D eigenvalue weighted by Gasteiger charge is 2.14. The van der Waals surface area contributed by atoms with Crippen LogP contribution in [0.1, 0.15) is 16.5 Å². The predicted octanol–water partition coefficient (Wildman–Crippen LogP) is 4.45. The van der Waals surface area contributed by atoms with Crippen molar-refractivity contribution in [2.24, 2.45) is 0 Å². The number of pyridine rings is 1. The first-order valence-corrected chi connectivity index (χ1v) is 7.72. The van der Waals surface area contributed by atoms with Crippen LogP contribution in [0.3, 0.4) is 0 Å². The molecule has 102 valence electrons. The minimum atomic E-state index is 0.262.